The molecule has 7 rings (SSSR count). The molecule has 0 spiro atoms. The predicted molar refractivity (Wildman–Crippen MR) is 141 cm³/mol. The first-order chi connectivity index (χ1) is 16.9. The van der Waals surface area contributed by atoms with Gasteiger partial charge < -0.3 is 8.98 Å². The highest BCUT2D eigenvalue weighted by Gasteiger charge is 2.17. The monoisotopic (exact) mass is 435 g/mol. The Hall–Kier alpha value is -4.56. The zero-order valence-corrected chi connectivity index (χ0v) is 18.5. The van der Waals surface area contributed by atoms with Gasteiger partial charge in [-0.3, -0.25) is 0 Å². The van der Waals surface area contributed by atoms with Crippen LogP contribution < -0.4 is 0 Å². The maximum atomic E-state index is 5.79. The second-order valence-electron chi connectivity index (χ2n) is 8.65. The lowest BCUT2D eigenvalue weighted by atomic mass is 9.98. The number of para-hydroxylation sites is 1. The van der Waals surface area contributed by atoms with E-state index in [2.05, 4.69) is 126 Å². The molecule has 0 aliphatic heterocycles. The number of hydrogen-bond donors (Lipinski definition) is 0. The summed E-state index contributed by atoms with van der Waals surface area (Å²) in [6, 6.07) is 43.1. The van der Waals surface area contributed by atoms with Gasteiger partial charge in [0.2, 0.25) is 0 Å². The van der Waals surface area contributed by atoms with Crippen LogP contribution in [0, 0.1) is 0 Å². The Kier molecular flexibility index (Phi) is 4.18. The average Bonchev–Trinajstić information content (AvgIpc) is 3.52. The van der Waals surface area contributed by atoms with E-state index in [0.29, 0.717) is 0 Å². The molecule has 0 radical (unpaired) electrons. The molecule has 160 valence electrons. The van der Waals surface area contributed by atoms with Gasteiger partial charge in [-0.05, 0) is 64.7 Å². The van der Waals surface area contributed by atoms with E-state index in [1.165, 1.54) is 44.1 Å². The summed E-state index contributed by atoms with van der Waals surface area (Å²) in [5.41, 5.74) is 9.21. The Labute approximate surface area is 197 Å². The van der Waals surface area contributed by atoms with Crippen LogP contribution in [-0.2, 0) is 0 Å². The Morgan fingerprint density at radius 1 is 0.471 bits per heavy atom. The molecule has 0 amide bonds. The molecule has 0 saturated heterocycles. The Morgan fingerprint density at radius 2 is 1.12 bits per heavy atom. The molecule has 2 heteroatoms. The minimum absolute atomic E-state index is 0.902. The van der Waals surface area contributed by atoms with Crippen LogP contribution in [0.4, 0.5) is 0 Å². The predicted octanol–water partition coefficient (Wildman–Crippen LogP) is 8.86. The van der Waals surface area contributed by atoms with Gasteiger partial charge in [-0.15, -0.1) is 0 Å². The van der Waals surface area contributed by atoms with Gasteiger partial charge in [-0.1, -0.05) is 78.9 Å². The van der Waals surface area contributed by atoms with Crippen molar-refractivity contribution in [3.8, 4) is 27.9 Å². The van der Waals surface area contributed by atoms with Gasteiger partial charge in [-0.2, -0.15) is 0 Å². The van der Waals surface area contributed by atoms with Crippen LogP contribution in [0.5, 0.6) is 0 Å². The second kappa shape index (κ2) is 7.50. The van der Waals surface area contributed by atoms with E-state index in [4.69, 9.17) is 4.42 Å². The summed E-state index contributed by atoms with van der Waals surface area (Å²) >= 11 is 0. The van der Waals surface area contributed by atoms with E-state index in [1.54, 1.807) is 6.26 Å². The molecule has 7 aromatic rings. The molecule has 0 aliphatic carbocycles. The van der Waals surface area contributed by atoms with Crippen molar-refractivity contribution in [3.63, 3.8) is 0 Å². The lowest BCUT2D eigenvalue weighted by Crippen LogP contribution is -1.96. The fraction of sp³-hybridized carbons (Fsp3) is 0. The van der Waals surface area contributed by atoms with Crippen LogP contribution >= 0.6 is 0 Å². The number of fused-ring (bicyclic) bond motifs is 5. The largest absolute Gasteiger partial charge is 0.464 e. The zero-order valence-electron chi connectivity index (χ0n) is 18.5. The number of hydrogen-bond acceptors (Lipinski definition) is 1. The molecule has 0 saturated carbocycles. The Morgan fingerprint density at radius 3 is 1.82 bits per heavy atom. The van der Waals surface area contributed by atoms with Crippen molar-refractivity contribution in [1.29, 1.82) is 0 Å². The fourth-order valence-corrected chi connectivity index (χ4v) is 5.11. The minimum Gasteiger partial charge on any atom is -0.464 e. The molecule has 0 atom stereocenters. The molecule has 0 fully saturated rings. The third-order valence-corrected chi connectivity index (χ3v) is 6.66. The van der Waals surface area contributed by atoms with E-state index in [0.717, 1.165) is 16.7 Å². The summed E-state index contributed by atoms with van der Waals surface area (Å²) in [7, 11) is 0. The van der Waals surface area contributed by atoms with Crippen LogP contribution in [0.1, 0.15) is 0 Å². The minimum atomic E-state index is 0.902. The number of furan rings is 1. The zero-order chi connectivity index (χ0) is 22.5. The quantitative estimate of drug-likeness (QED) is 0.271. The first kappa shape index (κ1) is 19.0. The smallest absolute Gasteiger partial charge is 0.136 e. The van der Waals surface area contributed by atoms with Crippen LogP contribution in [0.15, 0.2) is 132 Å². The summed E-state index contributed by atoms with van der Waals surface area (Å²) in [6.07, 6.45) is 1.78. The van der Waals surface area contributed by atoms with Crippen LogP contribution in [0.2, 0.25) is 0 Å². The van der Waals surface area contributed by atoms with Gasteiger partial charge in [0.15, 0.2) is 0 Å². The van der Waals surface area contributed by atoms with Gasteiger partial charge in [0, 0.05) is 21.8 Å². The van der Waals surface area contributed by atoms with Crippen molar-refractivity contribution in [2.45, 2.75) is 0 Å². The summed E-state index contributed by atoms with van der Waals surface area (Å²) in [5, 5.41) is 3.60. The van der Waals surface area contributed by atoms with E-state index in [1.807, 2.05) is 0 Å². The van der Waals surface area contributed by atoms with Crippen molar-refractivity contribution >= 4 is 32.8 Å². The maximum absolute atomic E-state index is 5.79. The SMILES string of the molecule is c1ccc(-c2cc(-c3ccccc3)cc(-n3c4ccccc4c4ccc5occc5c43)c2)cc1. The molecule has 34 heavy (non-hydrogen) atoms. The Balaban J connectivity index is 1.62. The molecule has 2 nitrogen and oxygen atoms in total. The molecule has 0 aliphatic rings. The highest BCUT2D eigenvalue weighted by Crippen LogP contribution is 2.39. The number of rotatable bonds is 3. The van der Waals surface area contributed by atoms with Gasteiger partial charge in [0.1, 0.15) is 5.58 Å². The lowest BCUT2D eigenvalue weighted by Gasteiger charge is -2.14. The Bertz CT molecular complexity index is 1730. The first-order valence-corrected chi connectivity index (χ1v) is 11.5. The van der Waals surface area contributed by atoms with E-state index >= 15 is 0 Å². The molecule has 2 aromatic heterocycles. The van der Waals surface area contributed by atoms with Crippen LogP contribution in [-0.4, -0.2) is 4.57 Å². The summed E-state index contributed by atoms with van der Waals surface area (Å²) in [4.78, 5) is 0. The molecule has 0 N–H and O–H groups in total. The normalized spacial score (nSPS) is 11.5. The molecule has 0 bridgehead atoms. The molecule has 0 unspecified atom stereocenters. The molecular formula is C32H21NO. The highest BCUT2D eigenvalue weighted by atomic mass is 16.3. The lowest BCUT2D eigenvalue weighted by molar-refractivity contribution is 0.616. The first-order valence-electron chi connectivity index (χ1n) is 11.5. The number of benzene rings is 5. The highest BCUT2D eigenvalue weighted by molar-refractivity contribution is 6.17. The molecule has 2 heterocycles. The summed E-state index contributed by atoms with van der Waals surface area (Å²) in [6.45, 7) is 0. The summed E-state index contributed by atoms with van der Waals surface area (Å²) in [5.74, 6) is 0. The number of aromatic nitrogens is 1. The topological polar surface area (TPSA) is 18.1 Å². The standard InChI is InChI=1S/C32H21NO/c1-3-9-22(10-4-1)24-19-25(23-11-5-2-6-12-23)21-26(20-24)33-30-14-8-7-13-27(30)28-15-16-31-29(32(28)33)17-18-34-31/h1-21H. The molecular weight excluding hydrogens is 414 g/mol. The van der Waals surface area contributed by atoms with Gasteiger partial charge in [0.05, 0.1) is 17.3 Å². The van der Waals surface area contributed by atoms with Crippen molar-refractivity contribution in [2.24, 2.45) is 0 Å². The molecule has 5 aromatic carbocycles. The van der Waals surface area contributed by atoms with Crippen molar-refractivity contribution in [3.05, 3.63) is 128 Å². The maximum Gasteiger partial charge on any atom is 0.136 e. The van der Waals surface area contributed by atoms with Gasteiger partial charge in [-0.25, -0.2) is 0 Å². The summed E-state index contributed by atoms with van der Waals surface area (Å²) < 4.78 is 8.18. The van der Waals surface area contributed by atoms with E-state index in [-0.39, 0.29) is 0 Å². The fourth-order valence-electron chi connectivity index (χ4n) is 5.11. The van der Waals surface area contributed by atoms with Crippen LogP contribution in [0.25, 0.3) is 60.7 Å². The van der Waals surface area contributed by atoms with Crippen molar-refractivity contribution in [1.82, 2.24) is 4.57 Å². The van der Waals surface area contributed by atoms with E-state index < -0.39 is 0 Å². The third-order valence-electron chi connectivity index (χ3n) is 6.66. The van der Waals surface area contributed by atoms with Crippen molar-refractivity contribution in [2.75, 3.05) is 0 Å². The number of nitrogens with zero attached hydrogens (tertiary/aromatic N) is 1. The van der Waals surface area contributed by atoms with E-state index in [9.17, 15) is 0 Å². The van der Waals surface area contributed by atoms with Crippen molar-refractivity contribution < 1.29 is 4.42 Å². The van der Waals surface area contributed by atoms with Crippen LogP contribution in [0.3, 0.4) is 0 Å². The average molecular weight is 436 g/mol. The van der Waals surface area contributed by atoms with Gasteiger partial charge in [0.25, 0.3) is 0 Å². The van der Waals surface area contributed by atoms with Gasteiger partial charge >= 0.3 is 0 Å². The third kappa shape index (κ3) is 2.89. The second-order valence-corrected chi connectivity index (χ2v) is 8.65.